The van der Waals surface area contributed by atoms with Crippen LogP contribution in [0.2, 0.25) is 5.02 Å². The molecule has 154 valence electrons. The van der Waals surface area contributed by atoms with Gasteiger partial charge in [0.2, 0.25) is 11.6 Å². The maximum atomic E-state index is 5.94. The van der Waals surface area contributed by atoms with Crippen molar-refractivity contribution in [1.82, 2.24) is 14.7 Å². The van der Waals surface area contributed by atoms with Crippen LogP contribution in [-0.4, -0.2) is 43.1 Å². The predicted molar refractivity (Wildman–Crippen MR) is 113 cm³/mol. The highest BCUT2D eigenvalue weighted by molar-refractivity contribution is 7.71. The van der Waals surface area contributed by atoms with Crippen LogP contribution in [0.1, 0.15) is 5.56 Å². The molecule has 0 radical (unpaired) electrons. The van der Waals surface area contributed by atoms with E-state index < -0.39 is 0 Å². The number of hydrogen-bond acceptors (Lipinski definition) is 7. The Kier molecular flexibility index (Phi) is 6.79. The van der Waals surface area contributed by atoms with Gasteiger partial charge in [-0.3, -0.25) is 4.90 Å². The first-order valence-electron chi connectivity index (χ1n) is 8.76. The summed E-state index contributed by atoms with van der Waals surface area (Å²) in [4.78, 5) is 2.34. The maximum Gasteiger partial charge on any atom is 0.288 e. The van der Waals surface area contributed by atoms with E-state index >= 15 is 0 Å². The molecule has 0 bridgehead atoms. The molecule has 0 aliphatic carbocycles. The number of ether oxygens (including phenoxy) is 3. The standard InChI is InChI=1S/C20H22ClN3O4S/c1-23(11-13-5-7-15(21)8-6-13)12-24-20(29)28-19(22-24)14-9-16(25-2)18(27-4)17(10-14)26-3/h5-10H,11-12H2,1-4H3. The molecule has 0 aliphatic rings. The molecule has 0 fully saturated rings. The lowest BCUT2D eigenvalue weighted by molar-refractivity contribution is 0.240. The minimum absolute atomic E-state index is 0.275. The second-order valence-corrected chi connectivity index (χ2v) is 7.15. The molecule has 3 rings (SSSR count). The van der Waals surface area contributed by atoms with Crippen LogP contribution < -0.4 is 14.2 Å². The number of benzene rings is 2. The van der Waals surface area contributed by atoms with Crippen molar-refractivity contribution >= 4 is 23.8 Å². The summed E-state index contributed by atoms with van der Waals surface area (Å²) in [5, 5.41) is 5.23. The quantitative estimate of drug-likeness (QED) is 0.477. The number of methoxy groups -OCH3 is 3. The molecule has 29 heavy (non-hydrogen) atoms. The van der Waals surface area contributed by atoms with Crippen LogP contribution in [0.5, 0.6) is 17.2 Å². The first-order chi connectivity index (χ1) is 13.9. The highest BCUT2D eigenvalue weighted by Crippen LogP contribution is 2.40. The summed E-state index contributed by atoms with van der Waals surface area (Å²) < 4.78 is 23.5. The fraction of sp³-hybridized carbons (Fsp3) is 0.300. The highest BCUT2D eigenvalue weighted by Gasteiger charge is 2.18. The molecule has 0 aliphatic heterocycles. The van der Waals surface area contributed by atoms with Gasteiger partial charge in [-0.15, -0.1) is 5.10 Å². The van der Waals surface area contributed by atoms with Gasteiger partial charge in [-0.1, -0.05) is 23.7 Å². The maximum absolute atomic E-state index is 5.94. The minimum atomic E-state index is 0.275. The largest absolute Gasteiger partial charge is 0.493 e. The average Bonchev–Trinajstić information content (AvgIpc) is 3.08. The van der Waals surface area contributed by atoms with E-state index in [2.05, 4.69) is 10.00 Å². The molecular formula is C20H22ClN3O4S. The van der Waals surface area contributed by atoms with Gasteiger partial charge in [-0.25, -0.2) is 4.68 Å². The van der Waals surface area contributed by atoms with Crippen molar-refractivity contribution in [2.24, 2.45) is 0 Å². The Morgan fingerprint density at radius 2 is 1.69 bits per heavy atom. The number of rotatable bonds is 8. The molecule has 3 aromatic rings. The molecule has 0 saturated carbocycles. The van der Waals surface area contributed by atoms with Crippen LogP contribution in [0, 0.1) is 4.84 Å². The lowest BCUT2D eigenvalue weighted by Gasteiger charge is -2.16. The lowest BCUT2D eigenvalue weighted by Crippen LogP contribution is -2.22. The highest BCUT2D eigenvalue weighted by atomic mass is 35.5. The molecule has 7 nitrogen and oxygen atoms in total. The molecule has 0 saturated heterocycles. The van der Waals surface area contributed by atoms with Crippen molar-refractivity contribution in [2.75, 3.05) is 28.4 Å². The molecule has 0 unspecified atom stereocenters. The third-order valence-electron chi connectivity index (χ3n) is 4.26. The van der Waals surface area contributed by atoms with Crippen LogP contribution in [0.3, 0.4) is 0 Å². The zero-order chi connectivity index (χ0) is 21.0. The molecule has 1 heterocycles. The van der Waals surface area contributed by atoms with E-state index in [1.54, 1.807) is 38.1 Å². The van der Waals surface area contributed by atoms with E-state index in [1.807, 2.05) is 31.3 Å². The molecular weight excluding hydrogens is 414 g/mol. The summed E-state index contributed by atoms with van der Waals surface area (Å²) in [5.74, 6) is 1.89. The monoisotopic (exact) mass is 435 g/mol. The lowest BCUT2D eigenvalue weighted by atomic mass is 10.2. The van der Waals surface area contributed by atoms with E-state index in [-0.39, 0.29) is 4.84 Å². The first kappa shape index (κ1) is 21.2. The zero-order valence-corrected chi connectivity index (χ0v) is 18.2. The second kappa shape index (κ2) is 9.30. The molecule has 2 aromatic carbocycles. The topological polar surface area (TPSA) is 61.9 Å². The zero-order valence-electron chi connectivity index (χ0n) is 16.6. The normalized spacial score (nSPS) is 11.0. The Balaban J connectivity index is 1.83. The summed E-state index contributed by atoms with van der Waals surface area (Å²) >= 11 is 11.3. The van der Waals surface area contributed by atoms with Gasteiger partial charge < -0.3 is 18.6 Å². The van der Waals surface area contributed by atoms with Gasteiger partial charge in [0.25, 0.3) is 4.84 Å². The average molecular weight is 436 g/mol. The summed E-state index contributed by atoms with van der Waals surface area (Å²) in [6, 6.07) is 11.3. The molecule has 1 aromatic heterocycles. The molecule has 0 amide bonds. The van der Waals surface area contributed by atoms with Crippen LogP contribution in [0.15, 0.2) is 40.8 Å². The molecule has 0 spiro atoms. The number of aromatic nitrogens is 2. The Morgan fingerprint density at radius 3 is 2.24 bits per heavy atom. The van der Waals surface area contributed by atoms with Crippen molar-refractivity contribution in [1.29, 1.82) is 0 Å². The van der Waals surface area contributed by atoms with Gasteiger partial charge in [0, 0.05) is 17.1 Å². The Hall–Kier alpha value is -2.55. The van der Waals surface area contributed by atoms with Crippen molar-refractivity contribution in [2.45, 2.75) is 13.2 Å². The van der Waals surface area contributed by atoms with Crippen molar-refractivity contribution in [3.8, 4) is 28.7 Å². The molecule has 9 heteroatoms. The summed E-state index contributed by atoms with van der Waals surface area (Å²) in [7, 11) is 6.64. The second-order valence-electron chi connectivity index (χ2n) is 6.37. The van der Waals surface area contributed by atoms with Crippen molar-refractivity contribution in [3.05, 3.63) is 51.8 Å². The smallest absolute Gasteiger partial charge is 0.288 e. The third-order valence-corrected chi connectivity index (χ3v) is 4.81. The van der Waals surface area contributed by atoms with Crippen LogP contribution in [0.25, 0.3) is 11.5 Å². The van der Waals surface area contributed by atoms with E-state index in [0.29, 0.717) is 46.9 Å². The van der Waals surface area contributed by atoms with E-state index in [4.69, 9.17) is 42.4 Å². The van der Waals surface area contributed by atoms with Crippen molar-refractivity contribution in [3.63, 3.8) is 0 Å². The predicted octanol–water partition coefficient (Wildman–Crippen LogP) is 4.64. The third kappa shape index (κ3) is 4.90. The van der Waals surface area contributed by atoms with Gasteiger partial charge in [0.1, 0.15) is 0 Å². The Morgan fingerprint density at radius 1 is 1.07 bits per heavy atom. The summed E-state index contributed by atoms with van der Waals surface area (Å²) in [6.45, 7) is 1.18. The molecule has 0 N–H and O–H groups in total. The van der Waals surface area contributed by atoms with E-state index in [1.165, 1.54) is 0 Å². The number of halogens is 1. The van der Waals surface area contributed by atoms with Gasteiger partial charge in [-0.2, -0.15) is 0 Å². The van der Waals surface area contributed by atoms with Gasteiger partial charge in [0.15, 0.2) is 11.5 Å². The fourth-order valence-corrected chi connectivity index (χ4v) is 3.20. The fourth-order valence-electron chi connectivity index (χ4n) is 2.90. The molecule has 0 atom stereocenters. The summed E-state index contributed by atoms with van der Waals surface area (Å²) in [5.41, 5.74) is 1.81. The van der Waals surface area contributed by atoms with E-state index in [0.717, 1.165) is 5.56 Å². The van der Waals surface area contributed by atoms with Crippen molar-refractivity contribution < 1.29 is 18.6 Å². The Labute approximate surface area is 179 Å². The van der Waals surface area contributed by atoms with Gasteiger partial charge in [0.05, 0.1) is 28.0 Å². The van der Waals surface area contributed by atoms with E-state index in [9.17, 15) is 0 Å². The summed E-state index contributed by atoms with van der Waals surface area (Å²) in [6.07, 6.45) is 0. The SMILES string of the molecule is COc1cc(-c2nn(CN(C)Cc3ccc(Cl)cc3)c(=S)o2)cc(OC)c1OC. The number of hydrogen-bond donors (Lipinski definition) is 0. The first-order valence-corrected chi connectivity index (χ1v) is 9.55. The van der Waals surface area contributed by atoms with Gasteiger partial charge >= 0.3 is 0 Å². The Bertz CT molecular complexity index is 1010. The van der Waals surface area contributed by atoms with Crippen LogP contribution in [-0.2, 0) is 13.2 Å². The van der Waals surface area contributed by atoms with Crippen LogP contribution >= 0.6 is 23.8 Å². The van der Waals surface area contributed by atoms with Gasteiger partial charge in [-0.05, 0) is 49.1 Å². The van der Waals surface area contributed by atoms with Crippen LogP contribution in [0.4, 0.5) is 0 Å². The number of nitrogens with zero attached hydrogens (tertiary/aromatic N) is 3. The minimum Gasteiger partial charge on any atom is -0.493 e.